The van der Waals surface area contributed by atoms with E-state index in [0.717, 1.165) is 12.4 Å². The van der Waals surface area contributed by atoms with E-state index in [1.165, 1.54) is 25.7 Å². The highest BCUT2D eigenvalue weighted by atomic mass is 32.1. The van der Waals surface area contributed by atoms with Crippen molar-refractivity contribution in [1.29, 1.82) is 0 Å². The minimum Gasteiger partial charge on any atom is -0.388 e. The average molecular weight is 278 g/mol. The summed E-state index contributed by atoms with van der Waals surface area (Å²) in [5, 5.41) is 0. The monoisotopic (exact) mass is 278 g/mol. The Morgan fingerprint density at radius 2 is 2.00 bits per heavy atom. The predicted octanol–water partition coefficient (Wildman–Crippen LogP) is 2.52. The number of aromatic nitrogens is 2. The van der Waals surface area contributed by atoms with Gasteiger partial charge in [0.15, 0.2) is 5.82 Å². The maximum atomic E-state index is 5.78. The minimum absolute atomic E-state index is 0.329. The van der Waals surface area contributed by atoms with Gasteiger partial charge in [-0.15, -0.1) is 0 Å². The largest absolute Gasteiger partial charge is 0.388 e. The van der Waals surface area contributed by atoms with E-state index in [2.05, 4.69) is 28.7 Å². The van der Waals surface area contributed by atoms with Crippen LogP contribution in [0, 0.1) is 5.92 Å². The molecule has 104 valence electrons. The van der Waals surface area contributed by atoms with Crippen LogP contribution in [0.4, 0.5) is 5.82 Å². The Morgan fingerprint density at radius 3 is 2.58 bits per heavy atom. The Morgan fingerprint density at radius 1 is 1.37 bits per heavy atom. The van der Waals surface area contributed by atoms with Crippen molar-refractivity contribution >= 4 is 23.0 Å². The second kappa shape index (κ2) is 6.28. The summed E-state index contributed by atoms with van der Waals surface area (Å²) in [7, 11) is 0. The Hall–Kier alpha value is -1.23. The predicted molar refractivity (Wildman–Crippen MR) is 82.4 cm³/mol. The molecule has 1 aliphatic rings. The summed E-state index contributed by atoms with van der Waals surface area (Å²) >= 11 is 5.11. The Balaban J connectivity index is 2.34. The summed E-state index contributed by atoms with van der Waals surface area (Å²) in [6.45, 7) is 5.41. The van der Waals surface area contributed by atoms with Crippen LogP contribution in [0.15, 0.2) is 12.4 Å². The van der Waals surface area contributed by atoms with Crippen LogP contribution in [0.25, 0.3) is 0 Å². The minimum atomic E-state index is 0.329. The zero-order valence-electron chi connectivity index (χ0n) is 11.7. The quantitative estimate of drug-likeness (QED) is 0.839. The van der Waals surface area contributed by atoms with E-state index < -0.39 is 0 Å². The van der Waals surface area contributed by atoms with Gasteiger partial charge in [-0.25, -0.2) is 9.97 Å². The molecular weight excluding hydrogens is 256 g/mol. The number of rotatable bonds is 5. The van der Waals surface area contributed by atoms with Crippen LogP contribution in [0.3, 0.4) is 0 Å². The highest BCUT2D eigenvalue weighted by molar-refractivity contribution is 7.80. The molecule has 1 fully saturated rings. The fourth-order valence-electron chi connectivity index (χ4n) is 2.73. The van der Waals surface area contributed by atoms with Crippen LogP contribution < -0.4 is 10.6 Å². The molecule has 1 saturated carbocycles. The standard InChI is InChI=1S/C14H22N4S/c1-10(2)9-18(11-5-3-4-6-11)14-12(13(15)19)16-7-8-17-14/h7-8,10-11H,3-6,9H2,1-2H3,(H2,15,19). The first-order valence-corrected chi connectivity index (χ1v) is 7.38. The van der Waals surface area contributed by atoms with E-state index >= 15 is 0 Å². The first kappa shape index (κ1) is 14.2. The Kier molecular flexibility index (Phi) is 4.69. The van der Waals surface area contributed by atoms with Gasteiger partial charge in [0.1, 0.15) is 10.7 Å². The van der Waals surface area contributed by atoms with Crippen molar-refractivity contribution < 1.29 is 0 Å². The molecule has 0 radical (unpaired) electrons. The molecule has 1 aromatic rings. The van der Waals surface area contributed by atoms with Gasteiger partial charge in [0, 0.05) is 25.0 Å². The third-order valence-electron chi connectivity index (χ3n) is 3.51. The van der Waals surface area contributed by atoms with Crippen LogP contribution in [-0.4, -0.2) is 27.5 Å². The number of hydrogen-bond acceptors (Lipinski definition) is 4. The van der Waals surface area contributed by atoms with Crippen LogP contribution in [0.2, 0.25) is 0 Å². The molecule has 4 nitrogen and oxygen atoms in total. The molecule has 19 heavy (non-hydrogen) atoms. The summed E-state index contributed by atoms with van der Waals surface area (Å²) in [4.78, 5) is 11.5. The Labute approximate surface area is 120 Å². The number of hydrogen-bond donors (Lipinski definition) is 1. The normalized spacial score (nSPS) is 15.9. The van der Waals surface area contributed by atoms with Crippen molar-refractivity contribution in [3.8, 4) is 0 Å². The van der Waals surface area contributed by atoms with Crippen LogP contribution >= 0.6 is 12.2 Å². The van der Waals surface area contributed by atoms with Gasteiger partial charge >= 0.3 is 0 Å². The van der Waals surface area contributed by atoms with E-state index in [1.807, 2.05) is 0 Å². The molecular formula is C14H22N4S. The number of nitrogens with zero attached hydrogens (tertiary/aromatic N) is 3. The van der Waals surface area contributed by atoms with Crippen molar-refractivity contribution in [2.75, 3.05) is 11.4 Å². The molecule has 2 N–H and O–H groups in total. The van der Waals surface area contributed by atoms with Gasteiger partial charge in [0.05, 0.1) is 0 Å². The highest BCUT2D eigenvalue weighted by Gasteiger charge is 2.26. The summed E-state index contributed by atoms with van der Waals surface area (Å²) in [6.07, 6.45) is 8.41. The van der Waals surface area contributed by atoms with E-state index in [0.29, 0.717) is 22.6 Å². The molecule has 0 unspecified atom stereocenters. The van der Waals surface area contributed by atoms with Crippen molar-refractivity contribution in [2.45, 2.75) is 45.6 Å². The number of nitrogens with two attached hydrogens (primary N) is 1. The fraction of sp³-hybridized carbons (Fsp3) is 0.643. The van der Waals surface area contributed by atoms with E-state index in [1.54, 1.807) is 12.4 Å². The van der Waals surface area contributed by atoms with E-state index in [4.69, 9.17) is 18.0 Å². The van der Waals surface area contributed by atoms with E-state index in [-0.39, 0.29) is 0 Å². The number of thiocarbonyl (C=S) groups is 1. The second-order valence-corrected chi connectivity index (χ2v) is 6.02. The van der Waals surface area contributed by atoms with Crippen molar-refractivity contribution in [2.24, 2.45) is 11.7 Å². The zero-order valence-corrected chi connectivity index (χ0v) is 12.5. The van der Waals surface area contributed by atoms with Gasteiger partial charge < -0.3 is 10.6 Å². The van der Waals surface area contributed by atoms with Gasteiger partial charge in [0.25, 0.3) is 0 Å². The van der Waals surface area contributed by atoms with Gasteiger partial charge in [-0.05, 0) is 18.8 Å². The van der Waals surface area contributed by atoms with Gasteiger partial charge in [-0.2, -0.15) is 0 Å². The molecule has 1 aromatic heterocycles. The maximum Gasteiger partial charge on any atom is 0.157 e. The third-order valence-corrected chi connectivity index (χ3v) is 3.71. The van der Waals surface area contributed by atoms with Gasteiger partial charge in [-0.1, -0.05) is 38.9 Å². The molecule has 0 aromatic carbocycles. The first-order chi connectivity index (χ1) is 9.09. The topological polar surface area (TPSA) is 55.0 Å². The third kappa shape index (κ3) is 3.41. The molecule has 0 amide bonds. The summed E-state index contributed by atoms with van der Waals surface area (Å²) in [6, 6.07) is 0.548. The summed E-state index contributed by atoms with van der Waals surface area (Å²) in [5.74, 6) is 1.43. The summed E-state index contributed by atoms with van der Waals surface area (Å²) < 4.78 is 0. The molecule has 0 spiro atoms. The lowest BCUT2D eigenvalue weighted by molar-refractivity contribution is 0.530. The molecule has 0 saturated heterocycles. The lowest BCUT2D eigenvalue weighted by Gasteiger charge is -2.32. The second-order valence-electron chi connectivity index (χ2n) is 5.58. The molecule has 5 heteroatoms. The van der Waals surface area contributed by atoms with E-state index in [9.17, 15) is 0 Å². The first-order valence-electron chi connectivity index (χ1n) is 6.97. The maximum absolute atomic E-state index is 5.78. The van der Waals surface area contributed by atoms with Crippen molar-refractivity contribution in [3.05, 3.63) is 18.1 Å². The molecule has 0 bridgehead atoms. The average Bonchev–Trinajstić information content (AvgIpc) is 2.89. The van der Waals surface area contributed by atoms with Crippen LogP contribution in [0.5, 0.6) is 0 Å². The molecule has 0 aliphatic heterocycles. The molecule has 2 rings (SSSR count). The lowest BCUT2D eigenvalue weighted by Crippen LogP contribution is -2.38. The SMILES string of the molecule is CC(C)CN(c1nccnc1C(N)=S)C1CCCC1. The van der Waals surface area contributed by atoms with Crippen molar-refractivity contribution in [3.63, 3.8) is 0 Å². The molecule has 1 heterocycles. The van der Waals surface area contributed by atoms with Crippen LogP contribution in [-0.2, 0) is 0 Å². The summed E-state index contributed by atoms with van der Waals surface area (Å²) in [5.41, 5.74) is 6.44. The fourth-order valence-corrected chi connectivity index (χ4v) is 2.88. The van der Waals surface area contributed by atoms with Gasteiger partial charge in [-0.3, -0.25) is 0 Å². The number of anilines is 1. The van der Waals surface area contributed by atoms with Crippen molar-refractivity contribution in [1.82, 2.24) is 9.97 Å². The van der Waals surface area contributed by atoms with Gasteiger partial charge in [0.2, 0.25) is 0 Å². The lowest BCUT2D eigenvalue weighted by atomic mass is 10.1. The molecule has 0 atom stereocenters. The molecule has 1 aliphatic carbocycles. The highest BCUT2D eigenvalue weighted by Crippen LogP contribution is 2.29. The zero-order chi connectivity index (χ0) is 13.8. The smallest absolute Gasteiger partial charge is 0.157 e. The Bertz CT molecular complexity index is 441. The van der Waals surface area contributed by atoms with Crippen LogP contribution in [0.1, 0.15) is 45.2 Å².